The van der Waals surface area contributed by atoms with Gasteiger partial charge in [0.15, 0.2) is 0 Å². The van der Waals surface area contributed by atoms with Gasteiger partial charge in [-0.1, -0.05) is 13.8 Å². The topological polar surface area (TPSA) is 41.0 Å². The fourth-order valence-electron chi connectivity index (χ4n) is 1.51. The third kappa shape index (κ3) is 3.15. The Balaban J connectivity index is 1.80. The summed E-state index contributed by atoms with van der Waals surface area (Å²) in [5, 5.41) is 4.45. The van der Waals surface area contributed by atoms with Crippen molar-refractivity contribution in [3.63, 3.8) is 0 Å². The van der Waals surface area contributed by atoms with Crippen LogP contribution in [0, 0.1) is 0 Å². The first-order chi connectivity index (χ1) is 7.66. The quantitative estimate of drug-likeness (QED) is 0.824. The molecule has 1 heterocycles. The molecule has 1 saturated carbocycles. The lowest BCUT2D eigenvalue weighted by atomic mass is 10.4. The highest BCUT2D eigenvalue weighted by Gasteiger charge is 2.28. The van der Waals surface area contributed by atoms with Gasteiger partial charge < -0.3 is 10.2 Å². The lowest BCUT2D eigenvalue weighted by Crippen LogP contribution is -2.32. The fraction of sp³-hybridized carbons (Fsp3) is 0.818. The Morgan fingerprint density at radius 3 is 2.88 bits per heavy atom. The average Bonchev–Trinajstić information content (AvgIpc) is 2.96. The van der Waals surface area contributed by atoms with Crippen molar-refractivity contribution in [3.8, 4) is 0 Å². The summed E-state index contributed by atoms with van der Waals surface area (Å²) in [4.78, 5) is 6.75. The molecule has 0 spiro atoms. The smallest absolute Gasteiger partial charge is 0.204 e. The van der Waals surface area contributed by atoms with Crippen LogP contribution in [-0.2, 0) is 0 Å². The van der Waals surface area contributed by atoms with Crippen LogP contribution >= 0.6 is 11.5 Å². The second-order valence-electron chi connectivity index (χ2n) is 4.74. The van der Waals surface area contributed by atoms with E-state index in [2.05, 4.69) is 40.5 Å². The zero-order valence-corrected chi connectivity index (χ0v) is 11.0. The van der Waals surface area contributed by atoms with Gasteiger partial charge in [-0.3, -0.25) is 0 Å². The highest BCUT2D eigenvalue weighted by atomic mass is 32.1. The normalized spacial score (nSPS) is 15.8. The standard InChI is InChI=1S/C11H20N4S/c1-8(2)12-6-7-15(3)11-13-10(14-16-11)9-4-5-9/h8-9,12H,4-7H2,1-3H3. The Labute approximate surface area is 101 Å². The van der Waals surface area contributed by atoms with Crippen LogP contribution < -0.4 is 10.2 Å². The minimum Gasteiger partial charge on any atom is -0.349 e. The van der Waals surface area contributed by atoms with Gasteiger partial charge in [-0.25, -0.2) is 4.98 Å². The monoisotopic (exact) mass is 240 g/mol. The largest absolute Gasteiger partial charge is 0.349 e. The highest BCUT2D eigenvalue weighted by Crippen LogP contribution is 2.39. The van der Waals surface area contributed by atoms with Gasteiger partial charge in [0.05, 0.1) is 0 Å². The van der Waals surface area contributed by atoms with Crippen LogP contribution in [-0.4, -0.2) is 35.5 Å². The van der Waals surface area contributed by atoms with Gasteiger partial charge in [-0.15, -0.1) is 0 Å². The van der Waals surface area contributed by atoms with Crippen LogP contribution in [0.1, 0.15) is 38.4 Å². The maximum absolute atomic E-state index is 4.58. The van der Waals surface area contributed by atoms with E-state index in [9.17, 15) is 0 Å². The second kappa shape index (κ2) is 5.10. The Hall–Kier alpha value is -0.680. The molecule has 1 aliphatic carbocycles. The van der Waals surface area contributed by atoms with Gasteiger partial charge in [0.2, 0.25) is 5.13 Å². The summed E-state index contributed by atoms with van der Waals surface area (Å²) < 4.78 is 4.41. The molecule has 1 aliphatic rings. The molecule has 1 fully saturated rings. The van der Waals surface area contributed by atoms with E-state index in [1.807, 2.05) is 0 Å². The van der Waals surface area contributed by atoms with Crippen molar-refractivity contribution in [1.29, 1.82) is 0 Å². The number of hydrogen-bond acceptors (Lipinski definition) is 5. The number of hydrogen-bond donors (Lipinski definition) is 1. The predicted molar refractivity (Wildman–Crippen MR) is 68.3 cm³/mol. The number of anilines is 1. The Morgan fingerprint density at radius 1 is 1.50 bits per heavy atom. The molecule has 4 nitrogen and oxygen atoms in total. The third-order valence-electron chi connectivity index (χ3n) is 2.70. The molecule has 5 heteroatoms. The third-order valence-corrected chi connectivity index (χ3v) is 3.54. The van der Waals surface area contributed by atoms with E-state index in [0.29, 0.717) is 12.0 Å². The first kappa shape index (κ1) is 11.8. The molecule has 1 aromatic rings. The molecule has 90 valence electrons. The first-order valence-corrected chi connectivity index (χ1v) is 6.72. The lowest BCUT2D eigenvalue weighted by molar-refractivity contribution is 0.589. The van der Waals surface area contributed by atoms with Crippen molar-refractivity contribution in [1.82, 2.24) is 14.7 Å². The summed E-state index contributed by atoms with van der Waals surface area (Å²) in [7, 11) is 2.08. The molecule has 0 saturated heterocycles. The van der Waals surface area contributed by atoms with Crippen molar-refractivity contribution >= 4 is 16.7 Å². The van der Waals surface area contributed by atoms with Crippen molar-refractivity contribution in [3.05, 3.63) is 5.82 Å². The molecule has 1 N–H and O–H groups in total. The number of nitrogens with zero attached hydrogens (tertiary/aromatic N) is 3. The van der Waals surface area contributed by atoms with E-state index >= 15 is 0 Å². The van der Waals surface area contributed by atoms with Gasteiger partial charge in [0, 0.05) is 43.6 Å². The maximum Gasteiger partial charge on any atom is 0.204 e. The van der Waals surface area contributed by atoms with Gasteiger partial charge in [0.1, 0.15) is 5.82 Å². The Kier molecular flexibility index (Phi) is 3.76. The molecule has 0 unspecified atom stereocenters. The molecule has 0 aromatic carbocycles. The first-order valence-electron chi connectivity index (χ1n) is 5.95. The zero-order chi connectivity index (χ0) is 11.5. The average molecular weight is 240 g/mol. The molecular formula is C11H20N4S. The van der Waals surface area contributed by atoms with Crippen LogP contribution in [0.15, 0.2) is 0 Å². The molecule has 0 aliphatic heterocycles. The van der Waals surface area contributed by atoms with E-state index in [4.69, 9.17) is 0 Å². The van der Waals surface area contributed by atoms with Crippen molar-refractivity contribution < 1.29 is 0 Å². The molecule has 0 radical (unpaired) electrons. The van der Waals surface area contributed by atoms with Crippen molar-refractivity contribution in [2.75, 3.05) is 25.0 Å². The Morgan fingerprint density at radius 2 is 2.25 bits per heavy atom. The van der Waals surface area contributed by atoms with Crippen LogP contribution in [0.2, 0.25) is 0 Å². The minimum atomic E-state index is 0.546. The molecule has 16 heavy (non-hydrogen) atoms. The van der Waals surface area contributed by atoms with E-state index in [0.717, 1.165) is 24.0 Å². The van der Waals surface area contributed by atoms with Gasteiger partial charge >= 0.3 is 0 Å². The molecule has 1 aromatic heterocycles. The van der Waals surface area contributed by atoms with E-state index < -0.39 is 0 Å². The van der Waals surface area contributed by atoms with Crippen LogP contribution in [0.4, 0.5) is 5.13 Å². The molecule has 0 atom stereocenters. The summed E-state index contributed by atoms with van der Waals surface area (Å²) in [6.07, 6.45) is 2.55. The minimum absolute atomic E-state index is 0.546. The van der Waals surface area contributed by atoms with Crippen molar-refractivity contribution in [2.24, 2.45) is 0 Å². The Bertz CT molecular complexity index is 332. The summed E-state index contributed by atoms with van der Waals surface area (Å²) in [5.41, 5.74) is 0. The number of likely N-dealkylation sites (N-methyl/N-ethyl adjacent to an activating group) is 1. The van der Waals surface area contributed by atoms with Crippen LogP contribution in [0.25, 0.3) is 0 Å². The van der Waals surface area contributed by atoms with E-state index in [-0.39, 0.29) is 0 Å². The number of rotatable bonds is 6. The van der Waals surface area contributed by atoms with Crippen LogP contribution in [0.3, 0.4) is 0 Å². The second-order valence-corrected chi connectivity index (χ2v) is 5.47. The SMILES string of the molecule is CC(C)NCCN(C)c1nc(C2CC2)ns1. The highest BCUT2D eigenvalue weighted by molar-refractivity contribution is 7.09. The molecule has 2 rings (SSSR count). The summed E-state index contributed by atoms with van der Waals surface area (Å²) in [6.45, 7) is 6.30. The number of aromatic nitrogens is 2. The summed E-state index contributed by atoms with van der Waals surface area (Å²) in [5.74, 6) is 1.72. The maximum atomic E-state index is 4.58. The molecule has 0 bridgehead atoms. The predicted octanol–water partition coefficient (Wildman–Crippen LogP) is 1.85. The number of nitrogens with one attached hydrogen (secondary N) is 1. The van der Waals surface area contributed by atoms with Gasteiger partial charge in [-0.2, -0.15) is 4.37 Å². The lowest BCUT2D eigenvalue weighted by Gasteiger charge is -2.16. The van der Waals surface area contributed by atoms with Crippen LogP contribution in [0.5, 0.6) is 0 Å². The van der Waals surface area contributed by atoms with E-state index in [1.54, 1.807) is 0 Å². The van der Waals surface area contributed by atoms with Gasteiger partial charge in [-0.05, 0) is 12.8 Å². The fourth-order valence-corrected chi connectivity index (χ4v) is 2.24. The zero-order valence-electron chi connectivity index (χ0n) is 10.2. The molecular weight excluding hydrogens is 220 g/mol. The van der Waals surface area contributed by atoms with E-state index in [1.165, 1.54) is 24.4 Å². The van der Waals surface area contributed by atoms with Crippen molar-refractivity contribution in [2.45, 2.75) is 38.6 Å². The van der Waals surface area contributed by atoms with Gasteiger partial charge in [0.25, 0.3) is 0 Å². The summed E-state index contributed by atoms with van der Waals surface area (Å²) in [6, 6.07) is 0.546. The molecule has 0 amide bonds. The summed E-state index contributed by atoms with van der Waals surface area (Å²) >= 11 is 1.52.